The highest BCUT2D eigenvalue weighted by Gasteiger charge is 2.26. The average molecular weight is 240 g/mol. The van der Waals surface area contributed by atoms with Crippen LogP contribution in [0.4, 0.5) is 0 Å². The Morgan fingerprint density at radius 2 is 1.89 bits per heavy atom. The third-order valence-corrected chi connectivity index (χ3v) is 4.20. The molecule has 2 aromatic rings. The maximum absolute atomic E-state index is 5.69. The zero-order valence-electron chi connectivity index (χ0n) is 10.6. The zero-order chi connectivity index (χ0) is 12.4. The van der Waals surface area contributed by atoms with Gasteiger partial charge in [0.1, 0.15) is 0 Å². The van der Waals surface area contributed by atoms with Gasteiger partial charge in [0.2, 0.25) is 0 Å². The molecule has 1 fully saturated rings. The van der Waals surface area contributed by atoms with E-state index in [4.69, 9.17) is 5.84 Å². The van der Waals surface area contributed by atoms with Gasteiger partial charge in [-0.05, 0) is 41.5 Å². The van der Waals surface area contributed by atoms with Crippen LogP contribution < -0.4 is 11.3 Å². The summed E-state index contributed by atoms with van der Waals surface area (Å²) in [5, 5.41) is 2.63. The van der Waals surface area contributed by atoms with Crippen LogP contribution in [0.3, 0.4) is 0 Å². The van der Waals surface area contributed by atoms with Crippen LogP contribution in [0.2, 0.25) is 0 Å². The molecule has 0 aliphatic heterocycles. The summed E-state index contributed by atoms with van der Waals surface area (Å²) in [4.78, 5) is 0. The Kier molecular flexibility index (Phi) is 3.31. The van der Waals surface area contributed by atoms with Crippen LogP contribution in [-0.4, -0.2) is 6.04 Å². The van der Waals surface area contributed by atoms with Crippen molar-refractivity contribution in [3.05, 3.63) is 48.0 Å². The molecule has 18 heavy (non-hydrogen) atoms. The number of hydrogen-bond acceptors (Lipinski definition) is 2. The molecule has 0 bridgehead atoms. The second-order valence-electron chi connectivity index (χ2n) is 5.35. The van der Waals surface area contributed by atoms with E-state index in [2.05, 4.69) is 47.9 Å². The summed E-state index contributed by atoms with van der Waals surface area (Å²) in [6.07, 6.45) is 5.04. The van der Waals surface area contributed by atoms with Crippen molar-refractivity contribution in [1.29, 1.82) is 0 Å². The van der Waals surface area contributed by atoms with Crippen molar-refractivity contribution in [2.75, 3.05) is 0 Å². The van der Waals surface area contributed by atoms with Crippen molar-refractivity contribution in [2.45, 2.75) is 31.7 Å². The first-order valence-corrected chi connectivity index (χ1v) is 6.80. The predicted octanol–water partition coefficient (Wildman–Crippen LogP) is 3.01. The van der Waals surface area contributed by atoms with Gasteiger partial charge in [0.05, 0.1) is 0 Å². The fourth-order valence-electron chi connectivity index (χ4n) is 2.82. The highest BCUT2D eigenvalue weighted by molar-refractivity contribution is 5.82. The first-order chi connectivity index (χ1) is 8.86. The van der Waals surface area contributed by atoms with E-state index in [1.54, 1.807) is 0 Å². The van der Waals surface area contributed by atoms with Crippen LogP contribution in [0, 0.1) is 5.92 Å². The summed E-state index contributed by atoms with van der Waals surface area (Å²) in [6, 6.07) is 15.7. The number of fused-ring (bicyclic) bond motifs is 1. The Morgan fingerprint density at radius 3 is 2.56 bits per heavy atom. The molecule has 0 radical (unpaired) electrons. The normalized spacial score (nSPS) is 17.6. The SMILES string of the molecule is NNC(Cc1ccc2ccccc2c1)C1CCC1. The molecule has 94 valence electrons. The molecule has 0 spiro atoms. The highest BCUT2D eigenvalue weighted by atomic mass is 15.2. The van der Waals surface area contributed by atoms with Crippen LogP contribution in [-0.2, 0) is 6.42 Å². The molecule has 0 saturated heterocycles. The summed E-state index contributed by atoms with van der Waals surface area (Å²) in [6.45, 7) is 0. The van der Waals surface area contributed by atoms with E-state index in [0.717, 1.165) is 12.3 Å². The van der Waals surface area contributed by atoms with E-state index in [1.807, 2.05) is 0 Å². The third-order valence-electron chi connectivity index (χ3n) is 4.20. The number of hydrogen-bond donors (Lipinski definition) is 2. The van der Waals surface area contributed by atoms with Gasteiger partial charge in [-0.1, -0.05) is 48.9 Å². The van der Waals surface area contributed by atoms with E-state index in [9.17, 15) is 0 Å². The molecule has 2 aromatic carbocycles. The smallest absolute Gasteiger partial charge is 0.0279 e. The molecule has 1 aliphatic rings. The maximum atomic E-state index is 5.69. The van der Waals surface area contributed by atoms with E-state index in [0.29, 0.717) is 6.04 Å². The Hall–Kier alpha value is -1.38. The van der Waals surface area contributed by atoms with Gasteiger partial charge in [0, 0.05) is 6.04 Å². The Balaban J connectivity index is 1.80. The van der Waals surface area contributed by atoms with Gasteiger partial charge in [0.25, 0.3) is 0 Å². The number of rotatable bonds is 4. The van der Waals surface area contributed by atoms with Crippen LogP contribution in [0.25, 0.3) is 10.8 Å². The number of hydrazine groups is 1. The minimum atomic E-state index is 0.430. The van der Waals surface area contributed by atoms with Crippen molar-refractivity contribution in [2.24, 2.45) is 11.8 Å². The average Bonchev–Trinajstić information content (AvgIpc) is 2.35. The van der Waals surface area contributed by atoms with Gasteiger partial charge in [0.15, 0.2) is 0 Å². The molecule has 0 amide bonds. The summed E-state index contributed by atoms with van der Waals surface area (Å²) in [5.41, 5.74) is 4.38. The molecule has 0 aromatic heterocycles. The molecule has 1 saturated carbocycles. The molecule has 3 rings (SSSR count). The van der Waals surface area contributed by atoms with Gasteiger partial charge in [-0.2, -0.15) is 0 Å². The molecule has 0 heterocycles. The summed E-state index contributed by atoms with van der Waals surface area (Å²) in [5.74, 6) is 6.46. The highest BCUT2D eigenvalue weighted by Crippen LogP contribution is 2.31. The number of benzene rings is 2. The second-order valence-corrected chi connectivity index (χ2v) is 5.35. The van der Waals surface area contributed by atoms with E-state index >= 15 is 0 Å². The van der Waals surface area contributed by atoms with Gasteiger partial charge in [-0.3, -0.25) is 11.3 Å². The summed E-state index contributed by atoms with van der Waals surface area (Å²) < 4.78 is 0. The molecule has 3 N–H and O–H groups in total. The molecule has 1 aliphatic carbocycles. The summed E-state index contributed by atoms with van der Waals surface area (Å²) in [7, 11) is 0. The van der Waals surface area contributed by atoms with Gasteiger partial charge in [-0.15, -0.1) is 0 Å². The van der Waals surface area contributed by atoms with Crippen molar-refractivity contribution in [3.8, 4) is 0 Å². The van der Waals surface area contributed by atoms with Crippen LogP contribution in [0.15, 0.2) is 42.5 Å². The quantitative estimate of drug-likeness (QED) is 0.637. The van der Waals surface area contributed by atoms with Gasteiger partial charge in [-0.25, -0.2) is 0 Å². The maximum Gasteiger partial charge on any atom is 0.0279 e. The lowest BCUT2D eigenvalue weighted by Crippen LogP contribution is -2.44. The van der Waals surface area contributed by atoms with E-state index < -0.39 is 0 Å². The summed E-state index contributed by atoms with van der Waals surface area (Å²) >= 11 is 0. The lowest BCUT2D eigenvalue weighted by Gasteiger charge is -2.33. The second kappa shape index (κ2) is 5.09. The van der Waals surface area contributed by atoms with Crippen molar-refractivity contribution in [3.63, 3.8) is 0 Å². The molecular weight excluding hydrogens is 220 g/mol. The predicted molar refractivity (Wildman–Crippen MR) is 76.1 cm³/mol. The monoisotopic (exact) mass is 240 g/mol. The van der Waals surface area contributed by atoms with Crippen LogP contribution in [0.5, 0.6) is 0 Å². The third kappa shape index (κ3) is 2.26. The minimum Gasteiger partial charge on any atom is -0.271 e. The molecule has 1 atom stereocenters. The Bertz CT molecular complexity index is 531. The largest absolute Gasteiger partial charge is 0.271 e. The first-order valence-electron chi connectivity index (χ1n) is 6.80. The van der Waals surface area contributed by atoms with Crippen molar-refractivity contribution in [1.82, 2.24) is 5.43 Å². The topological polar surface area (TPSA) is 38.0 Å². The number of nitrogens with one attached hydrogen (secondary N) is 1. The fraction of sp³-hybridized carbons (Fsp3) is 0.375. The van der Waals surface area contributed by atoms with Crippen LogP contribution >= 0.6 is 0 Å². The van der Waals surface area contributed by atoms with Crippen molar-refractivity contribution < 1.29 is 0 Å². The number of nitrogens with two attached hydrogens (primary N) is 1. The van der Waals surface area contributed by atoms with E-state index in [-0.39, 0.29) is 0 Å². The molecular formula is C16H20N2. The van der Waals surface area contributed by atoms with Crippen LogP contribution in [0.1, 0.15) is 24.8 Å². The molecule has 2 nitrogen and oxygen atoms in total. The standard InChI is InChI=1S/C16H20N2/c17-18-16(14-6-3-7-14)11-12-8-9-13-4-1-2-5-15(13)10-12/h1-2,4-5,8-10,14,16,18H,3,6-7,11,17H2. The Labute approximate surface area is 108 Å². The zero-order valence-corrected chi connectivity index (χ0v) is 10.6. The minimum absolute atomic E-state index is 0.430. The van der Waals surface area contributed by atoms with Gasteiger partial charge >= 0.3 is 0 Å². The molecule has 1 unspecified atom stereocenters. The lowest BCUT2D eigenvalue weighted by molar-refractivity contribution is 0.228. The Morgan fingerprint density at radius 1 is 1.11 bits per heavy atom. The molecule has 2 heteroatoms. The fourth-order valence-corrected chi connectivity index (χ4v) is 2.82. The van der Waals surface area contributed by atoms with E-state index in [1.165, 1.54) is 35.6 Å². The first kappa shape index (κ1) is 11.7. The lowest BCUT2D eigenvalue weighted by atomic mass is 9.78. The van der Waals surface area contributed by atoms with Crippen molar-refractivity contribution >= 4 is 10.8 Å². The van der Waals surface area contributed by atoms with Gasteiger partial charge < -0.3 is 0 Å².